The zero-order chi connectivity index (χ0) is 29.5. The lowest BCUT2D eigenvalue weighted by Gasteiger charge is -2.19. The van der Waals surface area contributed by atoms with Crippen LogP contribution in [0.2, 0.25) is 0 Å². The molecule has 0 aliphatic carbocycles. The van der Waals surface area contributed by atoms with Crippen LogP contribution in [0.3, 0.4) is 0 Å². The lowest BCUT2D eigenvalue weighted by atomic mass is 10.0. The number of carbonyl (C=O) groups excluding carboxylic acids is 3. The van der Waals surface area contributed by atoms with E-state index in [2.05, 4.69) is 11.9 Å². The first kappa shape index (κ1) is 28.8. The summed E-state index contributed by atoms with van der Waals surface area (Å²) in [6.45, 7) is 6.96. The van der Waals surface area contributed by atoms with Crippen LogP contribution >= 0.6 is 11.8 Å². The number of nitrogens with one attached hydrogen (secondary N) is 1. The van der Waals surface area contributed by atoms with E-state index in [4.69, 9.17) is 18.9 Å². The summed E-state index contributed by atoms with van der Waals surface area (Å²) in [5, 5.41) is 2.18. The smallest absolute Gasteiger partial charge is 0.294 e. The van der Waals surface area contributed by atoms with Crippen molar-refractivity contribution in [2.75, 3.05) is 31.7 Å². The Bertz CT molecular complexity index is 1540. The van der Waals surface area contributed by atoms with E-state index in [1.54, 1.807) is 36.4 Å². The molecule has 0 bridgehead atoms. The van der Waals surface area contributed by atoms with Gasteiger partial charge in [0.25, 0.3) is 11.1 Å². The molecular formula is C32H30N2O7S. The number of fused-ring (bicyclic) bond motifs is 1. The number of allylic oxidation sites excluding steroid dienone is 1. The third-order valence-electron chi connectivity index (χ3n) is 6.34. The number of rotatable bonds is 11. The zero-order valence-electron chi connectivity index (χ0n) is 23.1. The van der Waals surface area contributed by atoms with Crippen molar-refractivity contribution in [2.45, 2.75) is 20.0 Å². The quantitative estimate of drug-likeness (QED) is 0.221. The highest BCUT2D eigenvalue weighted by atomic mass is 32.2. The van der Waals surface area contributed by atoms with E-state index >= 15 is 0 Å². The second kappa shape index (κ2) is 13.3. The highest BCUT2D eigenvalue weighted by Gasteiger charge is 2.36. The van der Waals surface area contributed by atoms with E-state index in [0.717, 1.165) is 27.8 Å². The van der Waals surface area contributed by atoms with Gasteiger partial charge in [-0.2, -0.15) is 0 Å². The number of carbonyl (C=O) groups is 3. The Morgan fingerprint density at radius 1 is 1.05 bits per heavy atom. The number of imide groups is 1. The van der Waals surface area contributed by atoms with Gasteiger partial charge in [-0.3, -0.25) is 19.3 Å². The molecular weight excluding hydrogens is 556 g/mol. The molecule has 42 heavy (non-hydrogen) atoms. The number of amides is 3. The number of hydrogen-bond donors (Lipinski definition) is 1. The van der Waals surface area contributed by atoms with Gasteiger partial charge in [0.1, 0.15) is 26.4 Å². The summed E-state index contributed by atoms with van der Waals surface area (Å²) in [5.74, 6) is 1.18. The van der Waals surface area contributed by atoms with E-state index in [9.17, 15) is 14.4 Å². The minimum absolute atomic E-state index is 0.206. The first-order valence-corrected chi connectivity index (χ1v) is 14.3. The second-order valence-electron chi connectivity index (χ2n) is 9.38. The fourth-order valence-electron chi connectivity index (χ4n) is 4.48. The van der Waals surface area contributed by atoms with E-state index in [0.29, 0.717) is 67.1 Å². The summed E-state index contributed by atoms with van der Waals surface area (Å²) in [4.78, 5) is 39.8. The van der Waals surface area contributed by atoms with Crippen molar-refractivity contribution in [2.24, 2.45) is 0 Å². The van der Waals surface area contributed by atoms with Crippen LogP contribution in [0.15, 0.2) is 78.2 Å². The molecule has 216 valence electrons. The van der Waals surface area contributed by atoms with Crippen LogP contribution in [0.4, 0.5) is 10.5 Å². The van der Waals surface area contributed by atoms with Gasteiger partial charge in [-0.25, -0.2) is 0 Å². The predicted octanol–water partition coefficient (Wildman–Crippen LogP) is 5.84. The Morgan fingerprint density at radius 3 is 2.60 bits per heavy atom. The summed E-state index contributed by atoms with van der Waals surface area (Å²) in [6, 6.07) is 18.5. The molecule has 3 amide bonds. The fourth-order valence-corrected chi connectivity index (χ4v) is 5.32. The van der Waals surface area contributed by atoms with Crippen LogP contribution < -0.4 is 24.3 Å². The number of ether oxygens (including phenoxy) is 4. The monoisotopic (exact) mass is 586 g/mol. The molecule has 1 saturated heterocycles. The standard InChI is InChI=1S/C32H30N2O7S/c1-3-8-23-15-22(16-27(38-4-2)30(23)41-20-21-9-6-5-7-10-21)17-28-31(36)34(32(37)42-28)19-29(35)33-24-11-12-25-26(18-24)40-14-13-39-25/h3,5-7,9-12,15-18H,1,4,8,13-14,19-20H2,2H3,(H,33,35)/b28-17-. The Morgan fingerprint density at radius 2 is 1.83 bits per heavy atom. The lowest BCUT2D eigenvalue weighted by molar-refractivity contribution is -0.127. The molecule has 3 aromatic rings. The molecule has 2 aliphatic rings. The molecule has 0 spiro atoms. The van der Waals surface area contributed by atoms with Gasteiger partial charge in [-0.15, -0.1) is 6.58 Å². The maximum Gasteiger partial charge on any atom is 0.294 e. The molecule has 10 heteroatoms. The average Bonchev–Trinajstić information content (AvgIpc) is 3.24. The molecule has 0 saturated carbocycles. The zero-order valence-corrected chi connectivity index (χ0v) is 23.9. The molecule has 0 unspecified atom stereocenters. The normalized spacial score (nSPS) is 15.1. The fraction of sp³-hybridized carbons (Fsp3) is 0.219. The van der Waals surface area contributed by atoms with Crippen LogP contribution in [-0.4, -0.2) is 48.3 Å². The van der Waals surface area contributed by atoms with Gasteiger partial charge in [0.05, 0.1) is 11.5 Å². The SMILES string of the molecule is C=CCc1cc(/C=C2\SC(=O)N(CC(=O)Nc3ccc4c(c3)OCCO4)C2=O)cc(OCC)c1OCc1ccccc1. The summed E-state index contributed by atoms with van der Waals surface area (Å²) >= 11 is 0.783. The van der Waals surface area contributed by atoms with Crippen molar-refractivity contribution in [3.05, 3.63) is 94.9 Å². The van der Waals surface area contributed by atoms with Crippen molar-refractivity contribution in [3.8, 4) is 23.0 Å². The molecule has 2 aliphatic heterocycles. The van der Waals surface area contributed by atoms with Crippen molar-refractivity contribution < 1.29 is 33.3 Å². The molecule has 1 N–H and O–H groups in total. The topological polar surface area (TPSA) is 103 Å². The van der Waals surface area contributed by atoms with E-state index in [1.165, 1.54) is 0 Å². The van der Waals surface area contributed by atoms with Crippen LogP contribution in [0.5, 0.6) is 23.0 Å². The maximum absolute atomic E-state index is 13.2. The van der Waals surface area contributed by atoms with Crippen molar-refractivity contribution >= 4 is 40.6 Å². The minimum Gasteiger partial charge on any atom is -0.490 e. The van der Waals surface area contributed by atoms with E-state index < -0.39 is 23.6 Å². The summed E-state index contributed by atoms with van der Waals surface area (Å²) in [7, 11) is 0. The highest BCUT2D eigenvalue weighted by molar-refractivity contribution is 8.18. The van der Waals surface area contributed by atoms with E-state index in [1.807, 2.05) is 43.3 Å². The first-order chi connectivity index (χ1) is 20.4. The van der Waals surface area contributed by atoms with Crippen LogP contribution in [0.1, 0.15) is 23.6 Å². The first-order valence-electron chi connectivity index (χ1n) is 13.5. The molecule has 0 aromatic heterocycles. The second-order valence-corrected chi connectivity index (χ2v) is 10.4. The largest absolute Gasteiger partial charge is 0.490 e. The number of thioether (sulfide) groups is 1. The number of anilines is 1. The molecule has 5 rings (SSSR count). The van der Waals surface area contributed by atoms with E-state index in [-0.39, 0.29) is 4.91 Å². The van der Waals surface area contributed by atoms with Gasteiger partial charge in [0.15, 0.2) is 23.0 Å². The molecule has 1 fully saturated rings. The molecule has 2 heterocycles. The molecule has 9 nitrogen and oxygen atoms in total. The number of benzene rings is 3. The van der Waals surface area contributed by atoms with Gasteiger partial charge < -0.3 is 24.3 Å². The molecule has 3 aromatic carbocycles. The van der Waals surface area contributed by atoms with Gasteiger partial charge in [-0.1, -0.05) is 36.4 Å². The van der Waals surface area contributed by atoms with Crippen LogP contribution in [0, 0.1) is 0 Å². The third-order valence-corrected chi connectivity index (χ3v) is 7.25. The van der Waals surface area contributed by atoms with Crippen LogP contribution in [0.25, 0.3) is 6.08 Å². The average molecular weight is 587 g/mol. The third kappa shape index (κ3) is 6.77. The predicted molar refractivity (Wildman–Crippen MR) is 161 cm³/mol. The van der Waals surface area contributed by atoms with Gasteiger partial charge in [-0.05, 0) is 66.6 Å². The van der Waals surface area contributed by atoms with Crippen molar-refractivity contribution in [1.82, 2.24) is 4.90 Å². The van der Waals surface area contributed by atoms with Gasteiger partial charge in [0.2, 0.25) is 5.91 Å². The summed E-state index contributed by atoms with van der Waals surface area (Å²) in [6.07, 6.45) is 3.89. The Balaban J connectivity index is 1.32. The van der Waals surface area contributed by atoms with Gasteiger partial charge >= 0.3 is 0 Å². The summed E-state index contributed by atoms with van der Waals surface area (Å²) in [5.41, 5.74) is 2.98. The Hall–Kier alpha value is -4.70. The Labute approximate surface area is 248 Å². The maximum atomic E-state index is 13.2. The highest BCUT2D eigenvalue weighted by Crippen LogP contribution is 2.38. The Kier molecular flexibility index (Phi) is 9.13. The number of hydrogen-bond acceptors (Lipinski definition) is 8. The number of nitrogens with zero attached hydrogens (tertiary/aromatic N) is 1. The van der Waals surface area contributed by atoms with Gasteiger partial charge in [0, 0.05) is 17.3 Å². The lowest BCUT2D eigenvalue weighted by Crippen LogP contribution is -2.36. The summed E-state index contributed by atoms with van der Waals surface area (Å²) < 4.78 is 23.1. The van der Waals surface area contributed by atoms with Crippen molar-refractivity contribution in [3.63, 3.8) is 0 Å². The van der Waals surface area contributed by atoms with Crippen molar-refractivity contribution in [1.29, 1.82) is 0 Å². The van der Waals surface area contributed by atoms with Crippen LogP contribution in [-0.2, 0) is 22.6 Å². The minimum atomic E-state index is -0.546. The molecule has 0 radical (unpaired) electrons. The molecule has 0 atom stereocenters.